The number of ether oxygens (including phenoxy) is 2. The van der Waals surface area contributed by atoms with Gasteiger partial charge in [0.25, 0.3) is 0 Å². The molecule has 0 saturated heterocycles. The third-order valence-electron chi connectivity index (χ3n) is 4.71. The van der Waals surface area contributed by atoms with Gasteiger partial charge in [-0.05, 0) is 30.4 Å². The summed E-state index contributed by atoms with van der Waals surface area (Å²) in [6.07, 6.45) is 4.61. The number of nitrogens with one attached hydrogen (secondary N) is 1. The first-order chi connectivity index (χ1) is 11.0. The molecule has 2 bridgehead atoms. The van der Waals surface area contributed by atoms with E-state index in [0.717, 1.165) is 6.42 Å². The van der Waals surface area contributed by atoms with E-state index < -0.39 is 17.8 Å². The van der Waals surface area contributed by atoms with Gasteiger partial charge in [0, 0.05) is 6.07 Å². The summed E-state index contributed by atoms with van der Waals surface area (Å²) in [6.45, 7) is 0. The summed E-state index contributed by atoms with van der Waals surface area (Å²) >= 11 is 0. The Balaban J connectivity index is 1.82. The van der Waals surface area contributed by atoms with E-state index in [1.807, 2.05) is 12.2 Å². The average Bonchev–Trinajstić information content (AvgIpc) is 3.16. The fraction of sp³-hybridized carbons (Fsp3) is 0.412. The maximum Gasteiger partial charge on any atom is 0.307 e. The monoisotopic (exact) mass is 317 g/mol. The number of carboxylic acid groups (broad SMARTS) is 1. The average molecular weight is 317 g/mol. The van der Waals surface area contributed by atoms with Gasteiger partial charge in [0.05, 0.1) is 31.7 Å². The van der Waals surface area contributed by atoms with Crippen molar-refractivity contribution in [1.82, 2.24) is 0 Å². The molecule has 0 heterocycles. The predicted octanol–water partition coefficient (Wildman–Crippen LogP) is 2.17. The van der Waals surface area contributed by atoms with Crippen molar-refractivity contribution >= 4 is 17.6 Å². The molecule has 2 aliphatic carbocycles. The number of carbonyl (C=O) groups is 2. The van der Waals surface area contributed by atoms with Gasteiger partial charge in [-0.15, -0.1) is 0 Å². The van der Waals surface area contributed by atoms with Gasteiger partial charge in [-0.25, -0.2) is 0 Å². The van der Waals surface area contributed by atoms with E-state index in [1.54, 1.807) is 25.3 Å². The molecule has 4 atom stereocenters. The Labute approximate surface area is 134 Å². The van der Waals surface area contributed by atoms with Crippen molar-refractivity contribution < 1.29 is 24.2 Å². The minimum Gasteiger partial charge on any atom is -0.497 e. The first-order valence-electron chi connectivity index (χ1n) is 7.49. The van der Waals surface area contributed by atoms with E-state index in [1.165, 1.54) is 7.11 Å². The third kappa shape index (κ3) is 2.65. The first kappa shape index (κ1) is 15.4. The standard InChI is InChI=1S/C17H19NO5/c1-22-11-5-6-12(13(8-11)23-2)18-16(19)14-9-3-4-10(7-9)15(14)17(20)21/h3-6,8-10,14-15H,7H2,1-2H3,(H,18,19)(H,20,21)/t9-,10+,14+,15-/m0/s1. The number of hydrogen-bond donors (Lipinski definition) is 2. The molecule has 6 nitrogen and oxygen atoms in total. The number of fused-ring (bicyclic) bond motifs is 2. The Bertz CT molecular complexity index is 669. The molecule has 1 saturated carbocycles. The van der Waals surface area contributed by atoms with Gasteiger partial charge in [-0.1, -0.05) is 12.2 Å². The lowest BCUT2D eigenvalue weighted by Crippen LogP contribution is -2.36. The zero-order valence-corrected chi connectivity index (χ0v) is 13.0. The van der Waals surface area contributed by atoms with Crippen LogP contribution in [0.1, 0.15) is 6.42 Å². The fourth-order valence-electron chi connectivity index (χ4n) is 3.63. The molecule has 0 aromatic heterocycles. The number of hydrogen-bond acceptors (Lipinski definition) is 4. The van der Waals surface area contributed by atoms with Gasteiger partial charge in [0.2, 0.25) is 5.91 Å². The van der Waals surface area contributed by atoms with Crippen molar-refractivity contribution in [2.24, 2.45) is 23.7 Å². The SMILES string of the molecule is COc1ccc(NC(=O)[C@H]2[C@@H](C(=O)O)[C@@H]3C=C[C@H]2C3)c(OC)c1. The largest absolute Gasteiger partial charge is 0.497 e. The van der Waals surface area contributed by atoms with Gasteiger partial charge >= 0.3 is 5.97 Å². The summed E-state index contributed by atoms with van der Waals surface area (Å²) in [5, 5.41) is 12.2. The highest BCUT2D eigenvalue weighted by molar-refractivity contribution is 5.97. The van der Waals surface area contributed by atoms with Crippen LogP contribution >= 0.6 is 0 Å². The summed E-state index contributed by atoms with van der Waals surface area (Å²) in [5.41, 5.74) is 0.509. The second-order valence-corrected chi connectivity index (χ2v) is 5.89. The van der Waals surface area contributed by atoms with Crippen LogP contribution in [0.2, 0.25) is 0 Å². The van der Waals surface area contributed by atoms with Crippen LogP contribution in [-0.4, -0.2) is 31.2 Å². The molecule has 2 aliphatic rings. The van der Waals surface area contributed by atoms with Crippen LogP contribution in [0.3, 0.4) is 0 Å². The Kier molecular flexibility index (Phi) is 3.98. The van der Waals surface area contributed by atoms with Crippen LogP contribution in [0, 0.1) is 23.7 Å². The zero-order chi connectivity index (χ0) is 16.6. The number of methoxy groups -OCH3 is 2. The fourth-order valence-corrected chi connectivity index (χ4v) is 3.63. The van der Waals surface area contributed by atoms with Gasteiger partial charge in [-0.2, -0.15) is 0 Å². The molecular formula is C17H19NO5. The van der Waals surface area contributed by atoms with Crippen LogP contribution in [0.4, 0.5) is 5.69 Å². The lowest BCUT2D eigenvalue weighted by molar-refractivity contribution is -0.146. The molecule has 0 unspecified atom stereocenters. The van der Waals surface area contributed by atoms with Crippen LogP contribution < -0.4 is 14.8 Å². The number of anilines is 1. The lowest BCUT2D eigenvalue weighted by Gasteiger charge is -2.24. The van der Waals surface area contributed by atoms with Crippen LogP contribution in [0.15, 0.2) is 30.4 Å². The van der Waals surface area contributed by atoms with Crippen molar-refractivity contribution in [3.8, 4) is 11.5 Å². The van der Waals surface area contributed by atoms with E-state index in [2.05, 4.69) is 5.32 Å². The Morgan fingerprint density at radius 2 is 1.83 bits per heavy atom. The minimum atomic E-state index is -0.913. The smallest absolute Gasteiger partial charge is 0.307 e. The van der Waals surface area contributed by atoms with E-state index in [0.29, 0.717) is 17.2 Å². The van der Waals surface area contributed by atoms with Crippen LogP contribution in [-0.2, 0) is 9.59 Å². The minimum absolute atomic E-state index is 0.00894. The second-order valence-electron chi connectivity index (χ2n) is 5.89. The van der Waals surface area contributed by atoms with Crippen molar-refractivity contribution in [2.75, 3.05) is 19.5 Å². The number of carbonyl (C=O) groups excluding carboxylic acids is 1. The van der Waals surface area contributed by atoms with E-state index >= 15 is 0 Å². The highest BCUT2D eigenvalue weighted by atomic mass is 16.5. The van der Waals surface area contributed by atoms with Gasteiger partial charge in [-0.3, -0.25) is 9.59 Å². The lowest BCUT2D eigenvalue weighted by atomic mass is 9.82. The number of aliphatic carboxylic acids is 1. The van der Waals surface area contributed by atoms with Gasteiger partial charge in [0.15, 0.2) is 0 Å². The first-order valence-corrected chi connectivity index (χ1v) is 7.49. The maximum atomic E-state index is 12.6. The Hall–Kier alpha value is -2.50. The molecule has 0 spiro atoms. The quantitative estimate of drug-likeness (QED) is 0.813. The molecule has 6 heteroatoms. The molecule has 0 aliphatic heterocycles. The maximum absolute atomic E-state index is 12.6. The number of carboxylic acids is 1. The normalized spacial score (nSPS) is 27.7. The second kappa shape index (κ2) is 5.95. The molecular weight excluding hydrogens is 298 g/mol. The summed E-state index contributed by atoms with van der Waals surface area (Å²) < 4.78 is 10.4. The summed E-state index contributed by atoms with van der Waals surface area (Å²) in [7, 11) is 3.05. The molecule has 2 N–H and O–H groups in total. The van der Waals surface area contributed by atoms with E-state index in [-0.39, 0.29) is 17.7 Å². The molecule has 1 aromatic rings. The topological polar surface area (TPSA) is 84.9 Å². The predicted molar refractivity (Wildman–Crippen MR) is 83.5 cm³/mol. The Morgan fingerprint density at radius 3 is 2.43 bits per heavy atom. The molecule has 1 fully saturated rings. The third-order valence-corrected chi connectivity index (χ3v) is 4.71. The number of rotatable bonds is 5. The van der Waals surface area contributed by atoms with Crippen LogP contribution in [0.5, 0.6) is 11.5 Å². The van der Waals surface area contributed by atoms with Crippen molar-refractivity contribution in [2.45, 2.75) is 6.42 Å². The number of allylic oxidation sites excluding steroid dienone is 2. The number of benzene rings is 1. The Morgan fingerprint density at radius 1 is 1.13 bits per heavy atom. The number of amides is 1. The molecule has 3 rings (SSSR count). The summed E-state index contributed by atoms with van der Waals surface area (Å²) in [4.78, 5) is 24.2. The molecule has 23 heavy (non-hydrogen) atoms. The van der Waals surface area contributed by atoms with E-state index in [4.69, 9.17) is 9.47 Å². The molecule has 1 aromatic carbocycles. The van der Waals surface area contributed by atoms with Crippen molar-refractivity contribution in [3.05, 3.63) is 30.4 Å². The molecule has 1 amide bonds. The van der Waals surface area contributed by atoms with Crippen LogP contribution in [0.25, 0.3) is 0 Å². The molecule has 0 radical (unpaired) electrons. The molecule has 122 valence electrons. The summed E-state index contributed by atoms with van der Waals surface area (Å²) in [6, 6.07) is 5.08. The summed E-state index contributed by atoms with van der Waals surface area (Å²) in [5.74, 6) is -1.37. The van der Waals surface area contributed by atoms with Gasteiger partial charge in [0.1, 0.15) is 11.5 Å². The highest BCUT2D eigenvalue weighted by Gasteiger charge is 2.51. The van der Waals surface area contributed by atoms with Gasteiger partial charge < -0.3 is 19.9 Å². The highest BCUT2D eigenvalue weighted by Crippen LogP contribution is 2.48. The zero-order valence-electron chi connectivity index (χ0n) is 13.0. The van der Waals surface area contributed by atoms with Crippen molar-refractivity contribution in [3.63, 3.8) is 0 Å². The van der Waals surface area contributed by atoms with Crippen molar-refractivity contribution in [1.29, 1.82) is 0 Å². The van der Waals surface area contributed by atoms with E-state index in [9.17, 15) is 14.7 Å².